The summed E-state index contributed by atoms with van der Waals surface area (Å²) in [7, 11) is 5.13. The number of carbonyl (C=O) groups is 3. The molecular weight excluding hydrogens is 456 g/mol. The largest absolute Gasteiger partial charge is 0.507 e. The van der Waals surface area contributed by atoms with Crippen LogP contribution in [0.5, 0.6) is 0 Å². The lowest BCUT2D eigenvalue weighted by Gasteiger charge is -2.26. The van der Waals surface area contributed by atoms with Gasteiger partial charge < -0.3 is 14.7 Å². The van der Waals surface area contributed by atoms with Crippen LogP contribution < -0.4 is 9.80 Å². The second kappa shape index (κ2) is 9.70. The van der Waals surface area contributed by atoms with Crippen LogP contribution >= 0.6 is 0 Å². The minimum Gasteiger partial charge on any atom is -0.507 e. The van der Waals surface area contributed by atoms with Crippen molar-refractivity contribution >= 4 is 34.8 Å². The van der Waals surface area contributed by atoms with Crippen molar-refractivity contribution in [2.24, 2.45) is 0 Å². The lowest BCUT2D eigenvalue weighted by atomic mass is 9.94. The number of aliphatic hydroxyl groups excluding tert-OH is 1. The van der Waals surface area contributed by atoms with Gasteiger partial charge in [-0.3, -0.25) is 14.5 Å². The van der Waals surface area contributed by atoms with Crippen LogP contribution in [-0.2, 0) is 14.3 Å². The van der Waals surface area contributed by atoms with Crippen molar-refractivity contribution in [3.63, 3.8) is 0 Å². The Morgan fingerprint density at radius 2 is 1.50 bits per heavy atom. The molecule has 3 aromatic carbocycles. The van der Waals surface area contributed by atoms with Gasteiger partial charge in [-0.2, -0.15) is 0 Å². The van der Waals surface area contributed by atoms with E-state index in [1.54, 1.807) is 24.3 Å². The zero-order valence-corrected chi connectivity index (χ0v) is 20.9. The van der Waals surface area contributed by atoms with Gasteiger partial charge in [-0.05, 0) is 73.0 Å². The third-order valence-corrected chi connectivity index (χ3v) is 6.52. The van der Waals surface area contributed by atoms with Gasteiger partial charge in [-0.25, -0.2) is 4.79 Å². The predicted octanol–water partition coefficient (Wildman–Crippen LogP) is 4.78. The molecule has 36 heavy (non-hydrogen) atoms. The molecule has 184 valence electrons. The van der Waals surface area contributed by atoms with E-state index in [0.29, 0.717) is 22.4 Å². The Labute approximate surface area is 210 Å². The highest BCUT2D eigenvalue weighted by molar-refractivity contribution is 6.51. The number of anilines is 2. The van der Waals surface area contributed by atoms with Gasteiger partial charge in [0.2, 0.25) is 0 Å². The monoisotopic (exact) mass is 484 g/mol. The molecule has 0 aromatic heterocycles. The number of carbonyl (C=O) groups excluding carboxylic acids is 3. The van der Waals surface area contributed by atoms with Crippen LogP contribution in [0.4, 0.5) is 11.4 Å². The number of aryl methyl sites for hydroxylation is 2. The van der Waals surface area contributed by atoms with Crippen molar-refractivity contribution in [1.29, 1.82) is 0 Å². The Hall–Kier alpha value is -4.39. The summed E-state index contributed by atoms with van der Waals surface area (Å²) in [5.74, 6) is -2.27. The maximum Gasteiger partial charge on any atom is 0.337 e. The van der Waals surface area contributed by atoms with Gasteiger partial charge in [-0.15, -0.1) is 0 Å². The first-order valence-electron chi connectivity index (χ1n) is 11.5. The quantitative estimate of drug-likeness (QED) is 0.243. The van der Waals surface area contributed by atoms with Crippen LogP contribution in [-0.4, -0.2) is 44.0 Å². The lowest BCUT2D eigenvalue weighted by molar-refractivity contribution is -0.132. The van der Waals surface area contributed by atoms with Gasteiger partial charge in [0.15, 0.2) is 0 Å². The number of ether oxygens (including phenoxy) is 1. The van der Waals surface area contributed by atoms with Crippen molar-refractivity contribution in [2.45, 2.75) is 19.9 Å². The Morgan fingerprint density at radius 1 is 0.889 bits per heavy atom. The number of amides is 1. The van der Waals surface area contributed by atoms with E-state index in [1.165, 1.54) is 24.1 Å². The molecule has 0 aliphatic carbocycles. The molecule has 1 atom stereocenters. The van der Waals surface area contributed by atoms with E-state index in [9.17, 15) is 19.5 Å². The number of nitrogens with zero attached hydrogens (tertiary/aromatic N) is 2. The number of benzene rings is 3. The van der Waals surface area contributed by atoms with Crippen LogP contribution in [0, 0.1) is 13.8 Å². The summed E-state index contributed by atoms with van der Waals surface area (Å²) in [6.07, 6.45) is 0. The number of aliphatic hydroxyl groups is 1. The third kappa shape index (κ3) is 4.35. The molecule has 7 heteroatoms. The molecule has 1 N–H and O–H groups in total. The van der Waals surface area contributed by atoms with Crippen LogP contribution in [0.1, 0.15) is 38.7 Å². The molecule has 1 saturated heterocycles. The average molecular weight is 485 g/mol. The maximum atomic E-state index is 13.3. The Kier molecular flexibility index (Phi) is 6.66. The number of esters is 1. The van der Waals surface area contributed by atoms with Crippen LogP contribution in [0.25, 0.3) is 5.76 Å². The standard InChI is InChI=1S/C29H28N2O5/c1-17-6-7-21(16-18(17)2)26(32)24-25(19-8-12-22(13-9-19)30(3)4)31(28(34)27(24)33)23-14-10-20(11-15-23)29(35)36-5/h6-16,25,32H,1-5H3/b26-24-. The van der Waals surface area contributed by atoms with Gasteiger partial charge in [0.05, 0.1) is 24.3 Å². The summed E-state index contributed by atoms with van der Waals surface area (Å²) in [5, 5.41) is 11.3. The smallest absolute Gasteiger partial charge is 0.337 e. The number of hydrogen-bond donors (Lipinski definition) is 1. The predicted molar refractivity (Wildman–Crippen MR) is 139 cm³/mol. The number of Topliss-reactive ketones (excluding diaryl/α,β-unsaturated/α-hetero) is 1. The molecule has 0 saturated carbocycles. The van der Waals surface area contributed by atoms with Crippen LogP contribution in [0.15, 0.2) is 72.3 Å². The molecule has 0 spiro atoms. The summed E-state index contributed by atoms with van der Waals surface area (Å²) >= 11 is 0. The summed E-state index contributed by atoms with van der Waals surface area (Å²) in [4.78, 5) is 41.9. The molecule has 3 aromatic rings. The fourth-order valence-electron chi connectivity index (χ4n) is 4.29. The minimum absolute atomic E-state index is 0.0119. The van der Waals surface area contributed by atoms with E-state index >= 15 is 0 Å². The number of rotatable bonds is 5. The second-order valence-corrected chi connectivity index (χ2v) is 8.99. The van der Waals surface area contributed by atoms with E-state index in [1.807, 2.05) is 63.2 Å². The average Bonchev–Trinajstić information content (AvgIpc) is 3.15. The number of ketones is 1. The zero-order chi connectivity index (χ0) is 26.1. The molecule has 7 nitrogen and oxygen atoms in total. The summed E-state index contributed by atoms with van der Waals surface area (Å²) in [6.45, 7) is 3.88. The summed E-state index contributed by atoms with van der Waals surface area (Å²) in [5.41, 5.74) is 4.84. The molecule has 0 bridgehead atoms. The second-order valence-electron chi connectivity index (χ2n) is 8.99. The van der Waals surface area contributed by atoms with Gasteiger partial charge >= 0.3 is 5.97 Å². The van der Waals surface area contributed by atoms with Crippen molar-refractivity contribution in [1.82, 2.24) is 0 Å². The fourth-order valence-corrected chi connectivity index (χ4v) is 4.29. The SMILES string of the molecule is COC(=O)c1ccc(N2C(=O)C(=O)/C(=C(\O)c3ccc(C)c(C)c3)C2c2ccc(N(C)C)cc2)cc1. The van der Waals surface area contributed by atoms with E-state index < -0.39 is 23.7 Å². The third-order valence-electron chi connectivity index (χ3n) is 6.52. The van der Waals surface area contributed by atoms with Gasteiger partial charge in [0, 0.05) is 31.0 Å². The van der Waals surface area contributed by atoms with Crippen molar-refractivity contribution in [2.75, 3.05) is 31.0 Å². The van der Waals surface area contributed by atoms with Gasteiger partial charge in [0.25, 0.3) is 11.7 Å². The van der Waals surface area contributed by atoms with E-state index in [2.05, 4.69) is 0 Å². The van der Waals surface area contributed by atoms with E-state index in [-0.39, 0.29) is 11.3 Å². The normalized spacial score (nSPS) is 16.8. The van der Waals surface area contributed by atoms with Crippen LogP contribution in [0.2, 0.25) is 0 Å². The molecule has 4 rings (SSSR count). The highest BCUT2D eigenvalue weighted by Crippen LogP contribution is 2.42. The molecule has 1 unspecified atom stereocenters. The molecular formula is C29H28N2O5. The van der Waals surface area contributed by atoms with E-state index in [4.69, 9.17) is 4.74 Å². The van der Waals surface area contributed by atoms with Crippen molar-refractivity contribution < 1.29 is 24.2 Å². The summed E-state index contributed by atoms with van der Waals surface area (Å²) < 4.78 is 4.76. The molecule has 0 radical (unpaired) electrons. The van der Waals surface area contributed by atoms with E-state index in [0.717, 1.165) is 16.8 Å². The maximum absolute atomic E-state index is 13.3. The Morgan fingerprint density at radius 3 is 2.06 bits per heavy atom. The molecule has 1 amide bonds. The minimum atomic E-state index is -0.855. The molecule has 1 fully saturated rings. The first-order chi connectivity index (χ1) is 17.1. The molecule has 1 heterocycles. The lowest BCUT2D eigenvalue weighted by Crippen LogP contribution is -2.29. The fraction of sp³-hybridized carbons (Fsp3) is 0.207. The molecule has 1 aliphatic rings. The van der Waals surface area contributed by atoms with Crippen LogP contribution in [0.3, 0.4) is 0 Å². The first-order valence-corrected chi connectivity index (χ1v) is 11.5. The Balaban J connectivity index is 1.90. The summed E-state index contributed by atoms with van der Waals surface area (Å²) in [6, 6.07) is 18.3. The zero-order valence-electron chi connectivity index (χ0n) is 20.9. The first kappa shape index (κ1) is 24.7. The number of hydrogen-bond acceptors (Lipinski definition) is 6. The highest BCUT2D eigenvalue weighted by atomic mass is 16.5. The topological polar surface area (TPSA) is 87.1 Å². The van der Waals surface area contributed by atoms with Gasteiger partial charge in [-0.1, -0.05) is 24.3 Å². The van der Waals surface area contributed by atoms with Crippen molar-refractivity contribution in [3.05, 3.63) is 100 Å². The Bertz CT molecular complexity index is 1370. The highest BCUT2D eigenvalue weighted by Gasteiger charge is 2.47. The van der Waals surface area contributed by atoms with Gasteiger partial charge in [0.1, 0.15) is 5.76 Å². The van der Waals surface area contributed by atoms with Crippen molar-refractivity contribution in [3.8, 4) is 0 Å². The molecule has 1 aliphatic heterocycles. The number of methoxy groups -OCH3 is 1.